The average Bonchev–Trinajstić information content (AvgIpc) is 3.18. The number of nitrogens with zero attached hydrogens (tertiary/aromatic N) is 4. The molecule has 25 heavy (non-hydrogen) atoms. The highest BCUT2D eigenvalue weighted by Gasteiger charge is 2.17. The van der Waals surface area contributed by atoms with E-state index in [1.165, 1.54) is 0 Å². The van der Waals surface area contributed by atoms with Gasteiger partial charge in [0, 0.05) is 36.6 Å². The summed E-state index contributed by atoms with van der Waals surface area (Å²) in [6, 6.07) is 5.01. The number of aliphatic hydroxyl groups excluding tert-OH is 1. The molecule has 0 radical (unpaired) electrons. The summed E-state index contributed by atoms with van der Waals surface area (Å²) in [6.07, 6.45) is 1.33. The highest BCUT2D eigenvalue weighted by molar-refractivity contribution is 6.34. The van der Waals surface area contributed by atoms with Crippen LogP contribution in [-0.4, -0.2) is 39.4 Å². The lowest BCUT2D eigenvalue weighted by molar-refractivity contribution is 0.181. The molecule has 1 aliphatic rings. The van der Waals surface area contributed by atoms with Crippen molar-refractivity contribution < 1.29 is 5.11 Å². The number of aliphatic hydroxyl groups is 1. The molecule has 0 aliphatic carbocycles. The Kier molecular flexibility index (Phi) is 5.78. The number of aryl methyl sites for hydroxylation is 1. The molecule has 2 aromatic rings. The van der Waals surface area contributed by atoms with Crippen molar-refractivity contribution in [2.24, 2.45) is 4.99 Å². The van der Waals surface area contributed by atoms with Gasteiger partial charge in [-0.25, -0.2) is 0 Å². The van der Waals surface area contributed by atoms with Crippen LogP contribution in [0.3, 0.4) is 0 Å². The second-order valence-electron chi connectivity index (χ2n) is 5.81. The summed E-state index contributed by atoms with van der Waals surface area (Å²) >= 11 is 11.9. The molecule has 1 aliphatic heterocycles. The van der Waals surface area contributed by atoms with Crippen molar-refractivity contribution in [3.05, 3.63) is 45.5 Å². The maximum Gasteiger partial charge on any atom is 0.191 e. The zero-order valence-corrected chi connectivity index (χ0v) is 15.3. The molecule has 1 atom stereocenters. The van der Waals surface area contributed by atoms with Crippen molar-refractivity contribution in [1.82, 2.24) is 25.4 Å². The third-order valence-electron chi connectivity index (χ3n) is 4.06. The first kappa shape index (κ1) is 18.0. The summed E-state index contributed by atoms with van der Waals surface area (Å²) in [5.41, 5.74) is 0.649. The smallest absolute Gasteiger partial charge is 0.191 e. The fraction of sp³-hybridized carbons (Fsp3) is 0.438. The highest BCUT2D eigenvalue weighted by Crippen LogP contribution is 2.23. The van der Waals surface area contributed by atoms with E-state index >= 15 is 0 Å². The molecule has 134 valence electrons. The van der Waals surface area contributed by atoms with Crippen LogP contribution < -0.4 is 10.6 Å². The molecule has 0 spiro atoms. The van der Waals surface area contributed by atoms with Crippen molar-refractivity contribution in [1.29, 1.82) is 0 Å². The Hall–Kier alpha value is -1.83. The van der Waals surface area contributed by atoms with Crippen LogP contribution in [0.15, 0.2) is 23.2 Å². The summed E-state index contributed by atoms with van der Waals surface area (Å²) in [6.45, 7) is 1.75. The zero-order chi connectivity index (χ0) is 17.8. The molecule has 9 heteroatoms. The van der Waals surface area contributed by atoms with Gasteiger partial charge in [0.2, 0.25) is 0 Å². The standard InChI is InChI=1S/C16H20Cl2N6O/c1-19-16(21-9-15-23-22-14-3-2-4-24(14)15)20-8-13(25)10-5-11(17)7-12(18)6-10/h5-7,13,25H,2-4,8-9H2,1H3,(H2,19,20,21). The number of hydrogen-bond acceptors (Lipinski definition) is 4. The summed E-state index contributed by atoms with van der Waals surface area (Å²) in [5.74, 6) is 2.49. The van der Waals surface area contributed by atoms with Crippen molar-refractivity contribution in [3.8, 4) is 0 Å². The minimum atomic E-state index is -0.757. The van der Waals surface area contributed by atoms with Crippen LogP contribution >= 0.6 is 23.2 Å². The fourth-order valence-electron chi connectivity index (χ4n) is 2.80. The van der Waals surface area contributed by atoms with Gasteiger partial charge >= 0.3 is 0 Å². The van der Waals surface area contributed by atoms with Crippen LogP contribution in [0, 0.1) is 0 Å². The quantitative estimate of drug-likeness (QED) is 0.543. The largest absolute Gasteiger partial charge is 0.387 e. The van der Waals surface area contributed by atoms with Crippen molar-refractivity contribution in [3.63, 3.8) is 0 Å². The highest BCUT2D eigenvalue weighted by atomic mass is 35.5. The molecular formula is C16H20Cl2N6O. The van der Waals surface area contributed by atoms with Gasteiger partial charge in [-0.1, -0.05) is 23.2 Å². The predicted molar refractivity (Wildman–Crippen MR) is 98.0 cm³/mol. The molecule has 2 heterocycles. The molecule has 0 saturated carbocycles. The molecule has 7 nitrogen and oxygen atoms in total. The topological polar surface area (TPSA) is 87.4 Å². The predicted octanol–water partition coefficient (Wildman–Crippen LogP) is 1.93. The Labute approximate surface area is 156 Å². The average molecular weight is 383 g/mol. The maximum absolute atomic E-state index is 10.3. The van der Waals surface area contributed by atoms with E-state index in [0.29, 0.717) is 28.1 Å². The molecular weight excluding hydrogens is 363 g/mol. The first-order valence-electron chi connectivity index (χ1n) is 8.06. The lowest BCUT2D eigenvalue weighted by atomic mass is 10.1. The molecule has 3 rings (SSSR count). The van der Waals surface area contributed by atoms with E-state index < -0.39 is 6.10 Å². The van der Waals surface area contributed by atoms with Gasteiger partial charge in [-0.05, 0) is 30.2 Å². The number of guanidine groups is 1. The van der Waals surface area contributed by atoms with Gasteiger partial charge in [-0.15, -0.1) is 10.2 Å². The molecule has 0 amide bonds. The van der Waals surface area contributed by atoms with Gasteiger partial charge < -0.3 is 20.3 Å². The van der Waals surface area contributed by atoms with Gasteiger partial charge in [-0.3, -0.25) is 4.99 Å². The number of nitrogens with one attached hydrogen (secondary N) is 2. The summed E-state index contributed by atoms with van der Waals surface area (Å²) in [7, 11) is 1.67. The summed E-state index contributed by atoms with van der Waals surface area (Å²) < 4.78 is 2.13. The second kappa shape index (κ2) is 8.03. The molecule has 0 fully saturated rings. The number of rotatable bonds is 5. The second-order valence-corrected chi connectivity index (χ2v) is 6.69. The number of fused-ring (bicyclic) bond motifs is 1. The van der Waals surface area contributed by atoms with Crippen LogP contribution in [-0.2, 0) is 19.5 Å². The number of halogens is 2. The molecule has 1 aromatic carbocycles. The fourth-order valence-corrected chi connectivity index (χ4v) is 3.35. The molecule has 3 N–H and O–H groups in total. The first-order chi connectivity index (χ1) is 12.1. The molecule has 1 aromatic heterocycles. The number of aromatic nitrogens is 3. The van der Waals surface area contributed by atoms with E-state index in [1.807, 2.05) is 0 Å². The third kappa shape index (κ3) is 4.42. The Morgan fingerprint density at radius 3 is 2.76 bits per heavy atom. The van der Waals surface area contributed by atoms with Gasteiger partial charge in [0.15, 0.2) is 11.8 Å². The minimum Gasteiger partial charge on any atom is -0.387 e. The van der Waals surface area contributed by atoms with Crippen molar-refractivity contribution in [2.45, 2.75) is 32.0 Å². The van der Waals surface area contributed by atoms with Gasteiger partial charge in [0.1, 0.15) is 5.82 Å². The van der Waals surface area contributed by atoms with Gasteiger partial charge in [0.05, 0.1) is 12.6 Å². The van der Waals surface area contributed by atoms with Crippen molar-refractivity contribution in [2.75, 3.05) is 13.6 Å². The van der Waals surface area contributed by atoms with Crippen LogP contribution in [0.5, 0.6) is 0 Å². The van der Waals surface area contributed by atoms with Crippen LogP contribution in [0.2, 0.25) is 10.0 Å². The first-order valence-corrected chi connectivity index (χ1v) is 8.82. The van der Waals surface area contributed by atoms with E-state index in [4.69, 9.17) is 23.2 Å². The van der Waals surface area contributed by atoms with E-state index in [2.05, 4.69) is 30.4 Å². The normalized spacial score (nSPS) is 15.1. The zero-order valence-electron chi connectivity index (χ0n) is 13.8. The Morgan fingerprint density at radius 2 is 2.04 bits per heavy atom. The Morgan fingerprint density at radius 1 is 1.28 bits per heavy atom. The van der Waals surface area contributed by atoms with E-state index in [-0.39, 0.29) is 6.54 Å². The maximum atomic E-state index is 10.3. The summed E-state index contributed by atoms with van der Waals surface area (Å²) in [5, 5.41) is 25.9. The van der Waals surface area contributed by atoms with Crippen LogP contribution in [0.1, 0.15) is 29.7 Å². The number of aliphatic imine (C=N–C) groups is 1. The van der Waals surface area contributed by atoms with E-state index in [1.54, 1.807) is 25.2 Å². The monoisotopic (exact) mass is 382 g/mol. The minimum absolute atomic E-state index is 0.272. The molecule has 0 bridgehead atoms. The Bertz CT molecular complexity index is 756. The third-order valence-corrected chi connectivity index (χ3v) is 4.49. The molecule has 1 unspecified atom stereocenters. The molecule has 0 saturated heterocycles. The van der Waals surface area contributed by atoms with Crippen LogP contribution in [0.4, 0.5) is 0 Å². The van der Waals surface area contributed by atoms with Gasteiger partial charge in [-0.2, -0.15) is 0 Å². The summed E-state index contributed by atoms with van der Waals surface area (Å²) in [4.78, 5) is 4.16. The number of hydrogen-bond donors (Lipinski definition) is 3. The van der Waals surface area contributed by atoms with E-state index in [0.717, 1.165) is 31.0 Å². The van der Waals surface area contributed by atoms with Crippen LogP contribution in [0.25, 0.3) is 0 Å². The lowest BCUT2D eigenvalue weighted by Gasteiger charge is -2.16. The number of benzene rings is 1. The van der Waals surface area contributed by atoms with E-state index in [9.17, 15) is 5.11 Å². The Balaban J connectivity index is 1.53. The lowest BCUT2D eigenvalue weighted by Crippen LogP contribution is -2.39. The van der Waals surface area contributed by atoms with Gasteiger partial charge in [0.25, 0.3) is 0 Å². The van der Waals surface area contributed by atoms with Crippen molar-refractivity contribution >= 4 is 29.2 Å². The SMILES string of the molecule is CN=C(NCc1nnc2n1CCC2)NCC(O)c1cc(Cl)cc(Cl)c1.